The molecule has 7 nitrogen and oxygen atoms in total. The molecule has 7 heteroatoms. The van der Waals surface area contributed by atoms with Crippen LogP contribution in [0.5, 0.6) is 0 Å². The molecule has 3 rings (SSSR count). The summed E-state index contributed by atoms with van der Waals surface area (Å²) in [5, 5.41) is 6.46. The van der Waals surface area contributed by atoms with Crippen molar-refractivity contribution in [2.24, 2.45) is 0 Å². The van der Waals surface area contributed by atoms with Gasteiger partial charge in [-0.05, 0) is 48.6 Å². The zero-order valence-electron chi connectivity index (χ0n) is 20.3. The molecule has 33 heavy (non-hydrogen) atoms. The summed E-state index contributed by atoms with van der Waals surface area (Å²) in [5.41, 5.74) is 3.03. The van der Waals surface area contributed by atoms with Crippen molar-refractivity contribution in [2.75, 3.05) is 45.0 Å². The number of anilines is 1. The first kappa shape index (κ1) is 25.1. The first-order valence-electron chi connectivity index (χ1n) is 11.7. The number of ether oxygens (including phenoxy) is 2. The Balaban J connectivity index is 0.00000306. The van der Waals surface area contributed by atoms with Gasteiger partial charge in [-0.25, -0.2) is 0 Å². The highest BCUT2D eigenvalue weighted by Crippen LogP contribution is 2.30. The van der Waals surface area contributed by atoms with Crippen LogP contribution < -0.4 is 15.5 Å². The number of carbonyl (C=O) groups excluding carboxylic acids is 1. The number of carbonyl (C=O) groups is 1. The lowest BCUT2D eigenvalue weighted by atomic mass is 9.87. The summed E-state index contributed by atoms with van der Waals surface area (Å²) < 4.78 is 11.3. The smallest absolute Gasteiger partial charge is 0.247 e. The average molecular weight is 459 g/mol. The molecule has 184 valence electrons. The molecule has 2 heterocycles. The molecule has 2 N–H and O–H groups in total. The molecule has 0 spiro atoms. The number of methoxy groups -OCH3 is 1. The molecule has 0 bridgehead atoms. The summed E-state index contributed by atoms with van der Waals surface area (Å²) in [6.45, 7) is 9.42. The molecule has 1 aromatic heterocycles. The average Bonchev–Trinajstić information content (AvgIpc) is 3.32. The number of nitrogens with one attached hydrogen (secondary N) is 2. The van der Waals surface area contributed by atoms with Crippen molar-refractivity contribution in [1.82, 2.24) is 15.6 Å². The molecule has 2 aromatic rings. The maximum Gasteiger partial charge on any atom is 0.247 e. The van der Waals surface area contributed by atoms with E-state index in [4.69, 9.17) is 9.47 Å². The Morgan fingerprint density at radius 3 is 2.70 bits per heavy atom. The van der Waals surface area contributed by atoms with Crippen molar-refractivity contribution in [3.63, 3.8) is 0 Å². The maximum absolute atomic E-state index is 13.4. The second kappa shape index (κ2) is 12.1. The van der Waals surface area contributed by atoms with Crippen LogP contribution in [0.4, 0.5) is 5.69 Å². The Kier molecular flexibility index (Phi) is 9.23. The van der Waals surface area contributed by atoms with Crippen molar-refractivity contribution in [3.8, 4) is 0 Å². The van der Waals surface area contributed by atoms with Crippen LogP contribution in [-0.2, 0) is 19.7 Å². The van der Waals surface area contributed by atoms with Gasteiger partial charge in [-0.15, -0.1) is 0 Å². The number of amides is 1. The van der Waals surface area contributed by atoms with E-state index in [-0.39, 0.29) is 14.2 Å². The molecule has 0 radical (unpaired) electrons. The molecular formula is C26H42N4O3. The highest BCUT2D eigenvalue weighted by molar-refractivity contribution is 5.86. The van der Waals surface area contributed by atoms with Gasteiger partial charge in [0.1, 0.15) is 12.8 Å². The summed E-state index contributed by atoms with van der Waals surface area (Å²) in [5.74, 6) is -0.109. The van der Waals surface area contributed by atoms with Gasteiger partial charge in [-0.3, -0.25) is 9.78 Å². The second-order valence-electron chi connectivity index (χ2n) is 9.53. The lowest BCUT2D eigenvalue weighted by Gasteiger charge is -2.33. The fourth-order valence-electron chi connectivity index (χ4n) is 4.03. The summed E-state index contributed by atoms with van der Waals surface area (Å²) in [6.07, 6.45) is 5.75. The topological polar surface area (TPSA) is 75.7 Å². The van der Waals surface area contributed by atoms with Crippen molar-refractivity contribution >= 4 is 11.6 Å². The van der Waals surface area contributed by atoms with E-state index in [0.29, 0.717) is 32.5 Å². The molecule has 1 aliphatic heterocycles. The standard InChI is InChI=1S/C26H38N4O3.2H2/c1-26(2,3)21-9-11-23(12-10-21)30(19-33-18-22-8-6-14-28-22)24(20-7-5-13-27-17-20)25(31)29-15-16-32-4;;/h5,7,9-13,17,22,24,28H,6,8,14-16,18-19H2,1-4H3,(H,29,31);2*1H. The number of aromatic nitrogens is 1. The van der Waals surface area contributed by atoms with Crippen LogP contribution in [0.3, 0.4) is 0 Å². The first-order valence-corrected chi connectivity index (χ1v) is 11.7. The first-order chi connectivity index (χ1) is 15.9. The molecule has 1 saturated heterocycles. The Morgan fingerprint density at radius 2 is 2.09 bits per heavy atom. The number of rotatable bonds is 11. The molecule has 1 fully saturated rings. The molecule has 2 unspecified atom stereocenters. The third-order valence-corrected chi connectivity index (χ3v) is 5.94. The van der Waals surface area contributed by atoms with Crippen LogP contribution in [0.15, 0.2) is 48.8 Å². The van der Waals surface area contributed by atoms with Crippen LogP contribution in [0.2, 0.25) is 0 Å². The van der Waals surface area contributed by atoms with E-state index < -0.39 is 6.04 Å². The van der Waals surface area contributed by atoms with Crippen molar-refractivity contribution in [2.45, 2.75) is 51.1 Å². The fourth-order valence-corrected chi connectivity index (χ4v) is 4.03. The third kappa shape index (κ3) is 7.25. The van der Waals surface area contributed by atoms with Gasteiger partial charge in [-0.2, -0.15) is 0 Å². The van der Waals surface area contributed by atoms with E-state index in [9.17, 15) is 4.79 Å². The fraction of sp³-hybridized carbons (Fsp3) is 0.538. The number of pyridine rings is 1. The minimum absolute atomic E-state index is 0. The summed E-state index contributed by atoms with van der Waals surface area (Å²) >= 11 is 0. The van der Waals surface area contributed by atoms with Crippen LogP contribution in [-0.4, -0.2) is 57.1 Å². The number of hydrogen-bond acceptors (Lipinski definition) is 6. The lowest BCUT2D eigenvalue weighted by molar-refractivity contribution is -0.123. The SMILES string of the molecule is COCCNC(=O)C(c1cccnc1)N(COCC1CCCN1)c1ccc(C(C)(C)C)cc1.[HH].[HH]. The van der Waals surface area contributed by atoms with Gasteiger partial charge < -0.3 is 25.0 Å². The normalized spacial score (nSPS) is 17.0. The summed E-state index contributed by atoms with van der Waals surface area (Å²) in [6, 6.07) is 12.0. The van der Waals surface area contributed by atoms with Gasteiger partial charge >= 0.3 is 0 Å². The van der Waals surface area contributed by atoms with Crippen molar-refractivity contribution < 1.29 is 17.1 Å². The second-order valence-corrected chi connectivity index (χ2v) is 9.53. The molecule has 1 amide bonds. The molecule has 1 aromatic carbocycles. The van der Waals surface area contributed by atoms with E-state index in [2.05, 4.69) is 60.7 Å². The highest BCUT2D eigenvalue weighted by Gasteiger charge is 2.29. The Bertz CT molecular complexity index is 857. The minimum atomic E-state index is -0.576. The van der Waals surface area contributed by atoms with Gasteiger partial charge in [-0.1, -0.05) is 39.0 Å². The molecule has 0 aliphatic carbocycles. The van der Waals surface area contributed by atoms with E-state index in [0.717, 1.165) is 24.2 Å². The summed E-state index contributed by atoms with van der Waals surface area (Å²) in [7, 11) is 1.62. The van der Waals surface area contributed by atoms with Crippen molar-refractivity contribution in [3.05, 3.63) is 59.9 Å². The predicted octanol–water partition coefficient (Wildman–Crippen LogP) is 3.91. The maximum atomic E-state index is 13.4. The summed E-state index contributed by atoms with van der Waals surface area (Å²) in [4.78, 5) is 19.7. The minimum Gasteiger partial charge on any atom is -0.383 e. The van der Waals surface area contributed by atoms with Crippen LogP contribution in [0, 0.1) is 0 Å². The van der Waals surface area contributed by atoms with Crippen LogP contribution >= 0.6 is 0 Å². The van der Waals surface area contributed by atoms with Gasteiger partial charge in [0, 0.05) is 46.2 Å². The molecule has 0 saturated carbocycles. The van der Waals surface area contributed by atoms with Gasteiger partial charge in [0.15, 0.2) is 0 Å². The molecule has 1 aliphatic rings. The van der Waals surface area contributed by atoms with Crippen molar-refractivity contribution in [1.29, 1.82) is 0 Å². The van der Waals surface area contributed by atoms with Gasteiger partial charge in [0.05, 0.1) is 13.2 Å². The Hall–Kier alpha value is -2.48. The number of hydrogen-bond donors (Lipinski definition) is 2. The van der Waals surface area contributed by atoms with Gasteiger partial charge in [0.25, 0.3) is 0 Å². The van der Waals surface area contributed by atoms with Crippen LogP contribution in [0.1, 0.15) is 53.6 Å². The largest absolute Gasteiger partial charge is 0.383 e. The molecular weight excluding hydrogens is 416 g/mol. The van der Waals surface area contributed by atoms with E-state index in [1.165, 1.54) is 12.0 Å². The van der Waals surface area contributed by atoms with Crippen LogP contribution in [0.25, 0.3) is 0 Å². The molecule has 2 atom stereocenters. The van der Waals surface area contributed by atoms with E-state index in [1.54, 1.807) is 19.5 Å². The Morgan fingerprint density at radius 1 is 1.30 bits per heavy atom. The highest BCUT2D eigenvalue weighted by atomic mass is 16.5. The predicted molar refractivity (Wildman–Crippen MR) is 136 cm³/mol. The monoisotopic (exact) mass is 458 g/mol. The quantitative estimate of drug-likeness (QED) is 0.393. The van der Waals surface area contributed by atoms with E-state index >= 15 is 0 Å². The Labute approximate surface area is 200 Å². The zero-order chi connectivity index (χ0) is 23.7. The number of nitrogens with zero attached hydrogens (tertiary/aromatic N) is 2. The van der Waals surface area contributed by atoms with E-state index in [1.807, 2.05) is 17.0 Å². The number of benzene rings is 1. The lowest BCUT2D eigenvalue weighted by Crippen LogP contribution is -2.43. The van der Waals surface area contributed by atoms with Gasteiger partial charge in [0.2, 0.25) is 5.91 Å². The zero-order valence-corrected chi connectivity index (χ0v) is 20.3. The third-order valence-electron chi connectivity index (χ3n) is 5.94.